The Morgan fingerprint density at radius 1 is 1.02 bits per heavy atom. The first-order valence-corrected chi connectivity index (χ1v) is 17.3. The van der Waals surface area contributed by atoms with Gasteiger partial charge in [0.1, 0.15) is 18.7 Å². The maximum atomic E-state index is 13.4. The maximum absolute atomic E-state index is 13.4. The van der Waals surface area contributed by atoms with Crippen LogP contribution in [0.2, 0.25) is 6.82 Å². The summed E-state index contributed by atoms with van der Waals surface area (Å²) in [5, 5.41) is 12.8. The zero-order valence-electron chi connectivity index (χ0n) is 28.0. The largest absolute Gasteiger partial charge is 0.446 e. The van der Waals surface area contributed by atoms with Crippen LogP contribution in [0.4, 0.5) is 15.3 Å². The highest BCUT2D eigenvalue weighted by Gasteiger charge is 2.37. The number of nitrogens with two attached hydrogens (primary N) is 1. The summed E-state index contributed by atoms with van der Waals surface area (Å²) in [5.74, 6) is -2.00. The lowest BCUT2D eigenvalue weighted by molar-refractivity contribution is -0.138. The van der Waals surface area contributed by atoms with Crippen LogP contribution in [0.5, 0.6) is 0 Å². The normalized spacial score (nSPS) is 15.4. The molecule has 0 spiro atoms. The average molecular weight is 689 g/mol. The van der Waals surface area contributed by atoms with E-state index in [4.69, 9.17) is 10.5 Å². The number of carbonyl (C=O) groups excluding carboxylic acids is 7. The molecule has 0 aromatic heterocycles. The number of anilines is 1. The Morgan fingerprint density at radius 3 is 2.33 bits per heavy atom. The molecular formula is C31H47BN7O8S. The minimum atomic E-state index is -0.996. The number of primary amides is 1. The minimum absolute atomic E-state index is 0.0289. The van der Waals surface area contributed by atoms with Crippen LogP contribution >= 0.6 is 11.8 Å². The van der Waals surface area contributed by atoms with Gasteiger partial charge in [0.2, 0.25) is 37.0 Å². The number of hydrogen-bond donors (Lipinski definition) is 6. The molecule has 8 amide bonds. The third-order valence-corrected chi connectivity index (χ3v) is 8.43. The summed E-state index contributed by atoms with van der Waals surface area (Å²) in [5.41, 5.74) is 6.27. The van der Waals surface area contributed by atoms with E-state index in [0.29, 0.717) is 43.5 Å². The second-order valence-corrected chi connectivity index (χ2v) is 12.6. The van der Waals surface area contributed by atoms with Crippen molar-refractivity contribution in [3.63, 3.8) is 0 Å². The van der Waals surface area contributed by atoms with Gasteiger partial charge in [0.15, 0.2) is 0 Å². The highest BCUT2D eigenvalue weighted by molar-refractivity contribution is 8.00. The predicted molar refractivity (Wildman–Crippen MR) is 183 cm³/mol. The summed E-state index contributed by atoms with van der Waals surface area (Å²) < 4.78 is 5.07. The second kappa shape index (κ2) is 20.9. The number of nitrogens with zero attached hydrogens (tertiary/aromatic N) is 1. The Bertz CT molecular complexity index is 1280. The Labute approximate surface area is 286 Å². The van der Waals surface area contributed by atoms with Crippen molar-refractivity contribution in [2.75, 3.05) is 24.7 Å². The topological polar surface area (TPSA) is 218 Å². The van der Waals surface area contributed by atoms with Crippen molar-refractivity contribution in [2.24, 2.45) is 11.7 Å². The van der Waals surface area contributed by atoms with Gasteiger partial charge in [-0.1, -0.05) is 39.2 Å². The van der Waals surface area contributed by atoms with Crippen molar-refractivity contribution >= 4 is 66.5 Å². The number of rotatable bonds is 20. The molecule has 1 saturated heterocycles. The van der Waals surface area contributed by atoms with Crippen LogP contribution in [0.1, 0.15) is 64.4 Å². The number of likely N-dealkylation sites (tertiary alicyclic amines) is 1. The van der Waals surface area contributed by atoms with E-state index in [0.717, 1.165) is 0 Å². The lowest BCUT2D eigenvalue weighted by atomic mass is 10.0. The summed E-state index contributed by atoms with van der Waals surface area (Å²) in [7, 11) is 1.45. The lowest BCUT2D eigenvalue weighted by Gasteiger charge is -2.25. The summed E-state index contributed by atoms with van der Waals surface area (Å²) >= 11 is 1.37. The zero-order chi connectivity index (χ0) is 35.6. The number of thioether (sulfide) groups is 1. The van der Waals surface area contributed by atoms with Crippen LogP contribution < -0.4 is 32.2 Å². The summed E-state index contributed by atoms with van der Waals surface area (Å²) in [6.45, 7) is 5.74. The Balaban J connectivity index is 1.93. The van der Waals surface area contributed by atoms with Crippen molar-refractivity contribution in [2.45, 2.75) is 89.6 Å². The van der Waals surface area contributed by atoms with Gasteiger partial charge in [-0.05, 0) is 55.6 Å². The molecule has 48 heavy (non-hydrogen) atoms. The fourth-order valence-corrected chi connectivity index (χ4v) is 5.49. The standard InChI is InChI=1S/C31H47BN7O8S/c1-19(2)26(37-24(40)10-6-5-7-16-39-25(41)17-23(48-4)29(39)44)28(43)36-22(9-8-15-34-30(33)45)27(42)35-21-13-11-20(12-14-21)18-47-31(46)38-32-3/h11-14,19,22-23,26H,5-10,15-18H2,1-4H3,(H,35,42)(H,36,43)(H,37,40)(H,38,46)(H3,33,34,45)/t22-,23?,26?/m0/s1. The van der Waals surface area contributed by atoms with Crippen molar-refractivity contribution in [1.82, 2.24) is 26.1 Å². The molecule has 0 saturated carbocycles. The van der Waals surface area contributed by atoms with Gasteiger partial charge in [-0.2, -0.15) is 11.8 Å². The first kappa shape index (κ1) is 39.9. The van der Waals surface area contributed by atoms with E-state index in [1.807, 2.05) is 0 Å². The molecule has 0 bridgehead atoms. The molecular weight excluding hydrogens is 641 g/mol. The third kappa shape index (κ3) is 13.8. The van der Waals surface area contributed by atoms with Gasteiger partial charge < -0.3 is 37.0 Å². The van der Waals surface area contributed by atoms with E-state index >= 15 is 0 Å². The van der Waals surface area contributed by atoms with E-state index in [-0.39, 0.29) is 61.3 Å². The summed E-state index contributed by atoms with van der Waals surface area (Å²) in [6, 6.07) is 4.00. The Kier molecular flexibility index (Phi) is 17.3. The highest BCUT2D eigenvalue weighted by Crippen LogP contribution is 2.23. The van der Waals surface area contributed by atoms with E-state index in [1.165, 1.54) is 24.1 Å². The average Bonchev–Trinajstić information content (AvgIpc) is 3.32. The molecule has 15 nitrogen and oxygen atoms in total. The number of imide groups is 1. The minimum Gasteiger partial charge on any atom is -0.446 e. The molecule has 1 aromatic carbocycles. The molecule has 2 rings (SSSR count). The smallest absolute Gasteiger partial charge is 0.394 e. The van der Waals surface area contributed by atoms with Gasteiger partial charge in [0.05, 0.1) is 5.25 Å². The number of carbonyl (C=O) groups is 7. The number of hydrogen-bond acceptors (Lipinski definition) is 9. The van der Waals surface area contributed by atoms with Gasteiger partial charge in [-0.15, -0.1) is 0 Å². The van der Waals surface area contributed by atoms with Crippen molar-refractivity contribution < 1.29 is 38.3 Å². The molecule has 1 aliphatic rings. The maximum Gasteiger partial charge on any atom is 0.394 e. The SMILES string of the molecule is C[B]NC(=O)OCc1ccc(NC(=O)[C@H](CCCNC(N)=O)NC(=O)C(NC(=O)CCCCCN2C(=O)CC(SC)C2=O)C(C)C)cc1. The van der Waals surface area contributed by atoms with Crippen LogP contribution in [0, 0.1) is 5.92 Å². The first-order chi connectivity index (χ1) is 22.9. The van der Waals surface area contributed by atoms with Crippen LogP contribution in [0.3, 0.4) is 0 Å². The van der Waals surface area contributed by atoms with Crippen LogP contribution in [0.25, 0.3) is 0 Å². The van der Waals surface area contributed by atoms with E-state index < -0.39 is 36.0 Å². The van der Waals surface area contributed by atoms with E-state index in [1.54, 1.807) is 51.2 Å². The molecule has 3 atom stereocenters. The Hall–Kier alpha value is -4.28. The van der Waals surface area contributed by atoms with Crippen LogP contribution in [-0.4, -0.2) is 90.7 Å². The summed E-state index contributed by atoms with van der Waals surface area (Å²) in [6.07, 6.45) is 3.79. The van der Waals surface area contributed by atoms with Gasteiger partial charge in [0, 0.05) is 31.6 Å². The molecule has 1 aliphatic heterocycles. The van der Waals surface area contributed by atoms with Gasteiger partial charge in [-0.25, -0.2) is 9.59 Å². The monoisotopic (exact) mass is 688 g/mol. The highest BCUT2D eigenvalue weighted by atomic mass is 32.2. The molecule has 1 radical (unpaired) electrons. The van der Waals surface area contributed by atoms with E-state index in [2.05, 4.69) is 26.5 Å². The number of benzene rings is 1. The van der Waals surface area contributed by atoms with Crippen LogP contribution in [0.15, 0.2) is 24.3 Å². The lowest BCUT2D eigenvalue weighted by Crippen LogP contribution is -2.54. The number of ether oxygens (including phenoxy) is 1. The molecule has 263 valence electrons. The third-order valence-electron chi connectivity index (χ3n) is 7.49. The predicted octanol–water partition coefficient (Wildman–Crippen LogP) is 1.64. The van der Waals surface area contributed by atoms with Gasteiger partial charge in [0.25, 0.3) is 0 Å². The fourth-order valence-electron chi connectivity index (χ4n) is 4.85. The number of unbranched alkanes of at least 4 members (excludes halogenated alkanes) is 2. The molecule has 1 aromatic rings. The molecule has 1 heterocycles. The van der Waals surface area contributed by atoms with Crippen molar-refractivity contribution in [3.05, 3.63) is 29.8 Å². The summed E-state index contributed by atoms with van der Waals surface area (Å²) in [4.78, 5) is 87.7. The number of amides is 8. The van der Waals surface area contributed by atoms with Crippen LogP contribution in [-0.2, 0) is 35.3 Å². The molecule has 0 aliphatic carbocycles. The fraction of sp³-hybridized carbons (Fsp3) is 0.581. The zero-order valence-corrected chi connectivity index (χ0v) is 28.8. The van der Waals surface area contributed by atoms with Crippen molar-refractivity contribution in [1.29, 1.82) is 0 Å². The molecule has 17 heteroatoms. The molecule has 7 N–H and O–H groups in total. The van der Waals surface area contributed by atoms with Gasteiger partial charge >= 0.3 is 12.1 Å². The second-order valence-electron chi connectivity index (χ2n) is 11.6. The number of nitrogens with one attached hydrogen (secondary N) is 5. The van der Waals surface area contributed by atoms with Gasteiger partial charge in [-0.3, -0.25) is 28.9 Å². The Morgan fingerprint density at radius 2 is 1.73 bits per heavy atom. The first-order valence-electron chi connectivity index (χ1n) is 16.0. The van der Waals surface area contributed by atoms with E-state index in [9.17, 15) is 33.6 Å². The van der Waals surface area contributed by atoms with Crippen molar-refractivity contribution in [3.8, 4) is 0 Å². The molecule has 2 unspecified atom stereocenters. The molecule has 1 fully saturated rings. The quantitative estimate of drug-likeness (QED) is 0.0666. The number of urea groups is 1.